The zero-order valence-electron chi connectivity index (χ0n) is 15.6. The molecule has 0 heterocycles. The minimum absolute atomic E-state index is 0.132. The van der Waals surface area contributed by atoms with Crippen LogP contribution >= 0.6 is 0 Å². The minimum atomic E-state index is -0.783. The van der Waals surface area contributed by atoms with Gasteiger partial charge in [0, 0.05) is 17.7 Å². The van der Waals surface area contributed by atoms with E-state index in [4.69, 9.17) is 0 Å². The van der Waals surface area contributed by atoms with Crippen molar-refractivity contribution >= 4 is 17.5 Å². The lowest BCUT2D eigenvalue weighted by molar-refractivity contribution is -0.384. The Morgan fingerprint density at radius 2 is 1.74 bits per heavy atom. The van der Waals surface area contributed by atoms with Crippen LogP contribution in [0.1, 0.15) is 48.3 Å². The van der Waals surface area contributed by atoms with E-state index in [2.05, 4.69) is 17.6 Å². The van der Waals surface area contributed by atoms with E-state index >= 15 is 0 Å². The van der Waals surface area contributed by atoms with E-state index in [0.717, 1.165) is 12.0 Å². The lowest BCUT2D eigenvalue weighted by Gasteiger charge is -2.19. The summed E-state index contributed by atoms with van der Waals surface area (Å²) in [5, 5.41) is 16.2. The summed E-state index contributed by atoms with van der Waals surface area (Å²) >= 11 is 0. The summed E-state index contributed by atoms with van der Waals surface area (Å²) in [6.45, 7) is 5.51. The van der Waals surface area contributed by atoms with Crippen molar-refractivity contribution in [2.75, 3.05) is 0 Å². The highest BCUT2D eigenvalue weighted by Crippen LogP contribution is 2.15. The molecule has 2 amide bonds. The second-order valence-corrected chi connectivity index (χ2v) is 6.33. The molecule has 2 unspecified atom stereocenters. The smallest absolute Gasteiger partial charge is 0.270 e. The van der Waals surface area contributed by atoms with Crippen molar-refractivity contribution in [3.05, 3.63) is 75.3 Å². The van der Waals surface area contributed by atoms with Gasteiger partial charge in [-0.1, -0.05) is 37.3 Å². The number of aryl methyl sites for hydroxylation is 1. The fraction of sp³-hybridized carbons (Fsp3) is 0.300. The number of amides is 2. The molecule has 2 atom stereocenters. The Labute approximate surface area is 157 Å². The Hall–Kier alpha value is -3.22. The van der Waals surface area contributed by atoms with Crippen LogP contribution in [-0.4, -0.2) is 22.8 Å². The van der Waals surface area contributed by atoms with Crippen molar-refractivity contribution < 1.29 is 14.5 Å². The van der Waals surface area contributed by atoms with E-state index in [0.29, 0.717) is 0 Å². The van der Waals surface area contributed by atoms with Crippen molar-refractivity contribution in [2.24, 2.45) is 0 Å². The van der Waals surface area contributed by atoms with E-state index in [1.54, 1.807) is 6.92 Å². The number of hydrogen-bond donors (Lipinski definition) is 2. The first kappa shape index (κ1) is 20.1. The van der Waals surface area contributed by atoms with Gasteiger partial charge in [0.05, 0.1) is 11.0 Å². The number of carbonyl (C=O) groups is 2. The molecule has 27 heavy (non-hydrogen) atoms. The van der Waals surface area contributed by atoms with Gasteiger partial charge in [0.25, 0.3) is 11.6 Å². The number of benzene rings is 2. The molecule has 0 aliphatic carbocycles. The first-order chi connectivity index (χ1) is 12.8. The van der Waals surface area contributed by atoms with Crippen molar-refractivity contribution in [3.8, 4) is 0 Å². The number of hydrogen-bond acceptors (Lipinski definition) is 4. The fourth-order valence-electron chi connectivity index (χ4n) is 2.57. The highest BCUT2D eigenvalue weighted by Gasteiger charge is 2.20. The lowest BCUT2D eigenvalue weighted by atomic mass is 10.0. The van der Waals surface area contributed by atoms with Gasteiger partial charge in [-0.25, -0.2) is 0 Å². The van der Waals surface area contributed by atoms with Gasteiger partial charge in [0.1, 0.15) is 6.04 Å². The molecule has 7 heteroatoms. The Balaban J connectivity index is 1.97. The summed E-state index contributed by atoms with van der Waals surface area (Å²) in [6, 6.07) is 12.4. The van der Waals surface area contributed by atoms with Gasteiger partial charge in [-0.3, -0.25) is 19.7 Å². The molecule has 0 aliphatic heterocycles. The van der Waals surface area contributed by atoms with Crippen LogP contribution in [0.25, 0.3) is 0 Å². The molecule has 0 saturated carbocycles. The zero-order valence-corrected chi connectivity index (χ0v) is 15.6. The summed E-state index contributed by atoms with van der Waals surface area (Å²) < 4.78 is 0. The van der Waals surface area contributed by atoms with E-state index in [1.807, 2.05) is 31.2 Å². The predicted octanol–water partition coefficient (Wildman–Crippen LogP) is 3.15. The average molecular weight is 369 g/mol. The number of nitrogens with zero attached hydrogens (tertiary/aromatic N) is 1. The van der Waals surface area contributed by atoms with Crippen LogP contribution < -0.4 is 10.6 Å². The Kier molecular flexibility index (Phi) is 6.65. The molecule has 0 bridgehead atoms. The van der Waals surface area contributed by atoms with Crippen molar-refractivity contribution in [3.63, 3.8) is 0 Å². The molecular formula is C20H23N3O4. The monoisotopic (exact) mass is 369 g/mol. The normalized spacial score (nSPS) is 12.7. The van der Waals surface area contributed by atoms with Crippen molar-refractivity contribution in [2.45, 2.75) is 39.3 Å². The SMILES string of the molecule is CCc1ccc(C(C)NC(=O)C(C)NC(=O)c2cccc([N+](=O)[O-])c2)cc1. The Bertz CT molecular complexity index is 833. The van der Waals surface area contributed by atoms with Crippen LogP contribution in [-0.2, 0) is 11.2 Å². The molecule has 0 aliphatic rings. The maximum atomic E-state index is 12.4. The van der Waals surface area contributed by atoms with Crippen molar-refractivity contribution in [1.29, 1.82) is 0 Å². The third kappa shape index (κ3) is 5.37. The molecule has 0 fully saturated rings. The van der Waals surface area contributed by atoms with E-state index in [9.17, 15) is 19.7 Å². The number of carbonyl (C=O) groups excluding carboxylic acids is 2. The van der Waals surface area contributed by atoms with Crippen LogP contribution in [0.2, 0.25) is 0 Å². The van der Waals surface area contributed by atoms with Crippen LogP contribution in [0.4, 0.5) is 5.69 Å². The molecule has 0 spiro atoms. The second kappa shape index (κ2) is 8.93. The number of nitrogens with one attached hydrogen (secondary N) is 2. The van der Waals surface area contributed by atoms with Crippen LogP contribution in [0.15, 0.2) is 48.5 Å². The molecule has 2 aromatic rings. The molecular weight excluding hydrogens is 346 g/mol. The van der Waals surface area contributed by atoms with Crippen LogP contribution in [0, 0.1) is 10.1 Å². The van der Waals surface area contributed by atoms with Crippen LogP contribution in [0.3, 0.4) is 0 Å². The molecule has 0 aromatic heterocycles. The first-order valence-corrected chi connectivity index (χ1v) is 8.76. The minimum Gasteiger partial charge on any atom is -0.348 e. The third-order valence-electron chi connectivity index (χ3n) is 4.31. The third-order valence-corrected chi connectivity index (χ3v) is 4.31. The largest absolute Gasteiger partial charge is 0.348 e. The molecule has 0 radical (unpaired) electrons. The van der Waals surface area contributed by atoms with Crippen molar-refractivity contribution in [1.82, 2.24) is 10.6 Å². The van der Waals surface area contributed by atoms with E-state index in [1.165, 1.54) is 29.8 Å². The van der Waals surface area contributed by atoms with Gasteiger partial charge in [-0.15, -0.1) is 0 Å². The molecule has 2 rings (SSSR count). The number of nitro groups is 1. The number of rotatable bonds is 7. The Morgan fingerprint density at radius 3 is 2.33 bits per heavy atom. The zero-order chi connectivity index (χ0) is 20.0. The maximum Gasteiger partial charge on any atom is 0.270 e. The number of nitro benzene ring substituents is 1. The lowest BCUT2D eigenvalue weighted by Crippen LogP contribution is -2.45. The molecule has 142 valence electrons. The summed E-state index contributed by atoms with van der Waals surface area (Å²) in [7, 11) is 0. The van der Waals surface area contributed by atoms with Gasteiger partial charge < -0.3 is 10.6 Å². The summed E-state index contributed by atoms with van der Waals surface area (Å²) in [5.41, 5.74) is 2.14. The van der Waals surface area contributed by atoms with Gasteiger partial charge in [-0.2, -0.15) is 0 Å². The second-order valence-electron chi connectivity index (χ2n) is 6.33. The van der Waals surface area contributed by atoms with Gasteiger partial charge >= 0.3 is 0 Å². The van der Waals surface area contributed by atoms with E-state index in [-0.39, 0.29) is 23.2 Å². The van der Waals surface area contributed by atoms with Crippen LogP contribution in [0.5, 0.6) is 0 Å². The standard InChI is InChI=1S/C20H23N3O4/c1-4-15-8-10-16(11-9-15)13(2)21-19(24)14(3)22-20(25)17-6-5-7-18(12-17)23(26)27/h5-14H,4H2,1-3H3,(H,21,24)(H,22,25). The molecule has 0 saturated heterocycles. The first-order valence-electron chi connectivity index (χ1n) is 8.76. The number of non-ortho nitro benzene ring substituents is 1. The molecule has 2 aromatic carbocycles. The fourth-order valence-corrected chi connectivity index (χ4v) is 2.57. The molecule has 2 N–H and O–H groups in total. The Morgan fingerprint density at radius 1 is 1.07 bits per heavy atom. The van der Waals surface area contributed by atoms with Gasteiger partial charge in [0.15, 0.2) is 0 Å². The predicted molar refractivity (Wildman–Crippen MR) is 102 cm³/mol. The van der Waals surface area contributed by atoms with Gasteiger partial charge in [-0.05, 0) is 37.5 Å². The maximum absolute atomic E-state index is 12.4. The van der Waals surface area contributed by atoms with E-state index < -0.39 is 16.9 Å². The topological polar surface area (TPSA) is 101 Å². The summed E-state index contributed by atoms with van der Waals surface area (Å²) in [6.07, 6.45) is 0.946. The van der Waals surface area contributed by atoms with Gasteiger partial charge in [0.2, 0.25) is 5.91 Å². The average Bonchev–Trinajstić information content (AvgIpc) is 2.67. The highest BCUT2D eigenvalue weighted by atomic mass is 16.6. The highest BCUT2D eigenvalue weighted by molar-refractivity contribution is 5.97. The summed E-state index contributed by atoms with van der Waals surface area (Å²) in [4.78, 5) is 34.8. The quantitative estimate of drug-likeness (QED) is 0.578. The molecule has 7 nitrogen and oxygen atoms in total. The summed E-state index contributed by atoms with van der Waals surface area (Å²) in [5.74, 6) is -0.873.